The van der Waals surface area contributed by atoms with Gasteiger partial charge >= 0.3 is 0 Å². The number of likely N-dealkylation sites (tertiary alicyclic amines) is 1. The van der Waals surface area contributed by atoms with Gasteiger partial charge in [0.15, 0.2) is 5.78 Å². The lowest BCUT2D eigenvalue weighted by molar-refractivity contribution is 0.0900. The third-order valence-corrected chi connectivity index (χ3v) is 3.79. The molecule has 0 saturated carbocycles. The van der Waals surface area contributed by atoms with Crippen LogP contribution in [0.5, 0.6) is 5.75 Å². The molecule has 1 aromatic rings. The number of nitrogens with zero attached hydrogens (tertiary/aromatic N) is 1. The van der Waals surface area contributed by atoms with Gasteiger partial charge < -0.3 is 4.74 Å². The van der Waals surface area contributed by atoms with Gasteiger partial charge in [-0.05, 0) is 70.0 Å². The number of carbonyl (C=O) groups is 1. The number of ketones is 1. The van der Waals surface area contributed by atoms with E-state index in [1.807, 2.05) is 38.1 Å². The van der Waals surface area contributed by atoms with Gasteiger partial charge in [0.1, 0.15) is 5.75 Å². The van der Waals surface area contributed by atoms with E-state index in [2.05, 4.69) is 11.8 Å². The van der Waals surface area contributed by atoms with Gasteiger partial charge in [-0.1, -0.05) is 6.92 Å². The maximum atomic E-state index is 12.2. The Morgan fingerprint density at radius 2 is 1.85 bits per heavy atom. The highest BCUT2D eigenvalue weighted by atomic mass is 16.5. The van der Waals surface area contributed by atoms with Crippen LogP contribution in [0.15, 0.2) is 24.3 Å². The van der Waals surface area contributed by atoms with Crippen LogP contribution < -0.4 is 4.74 Å². The van der Waals surface area contributed by atoms with Crippen molar-refractivity contribution in [1.29, 1.82) is 0 Å². The molecule has 1 aliphatic heterocycles. The van der Waals surface area contributed by atoms with Crippen LogP contribution in [0.4, 0.5) is 0 Å². The molecule has 2 rings (SSSR count). The van der Waals surface area contributed by atoms with Crippen molar-refractivity contribution >= 4 is 5.78 Å². The van der Waals surface area contributed by atoms with Crippen molar-refractivity contribution in [3.05, 3.63) is 29.8 Å². The summed E-state index contributed by atoms with van der Waals surface area (Å²) in [7, 11) is 0. The lowest BCUT2D eigenvalue weighted by atomic mass is 9.99. The number of carbonyl (C=O) groups excluding carboxylic acids is 1. The van der Waals surface area contributed by atoms with Crippen LogP contribution in [0, 0.1) is 5.92 Å². The van der Waals surface area contributed by atoms with Crippen LogP contribution in [-0.2, 0) is 0 Å². The number of hydrogen-bond acceptors (Lipinski definition) is 3. The minimum Gasteiger partial charge on any atom is -0.491 e. The number of Topliss-reactive ketones (excluding diaryl/α,β-unsaturated/α-hetero) is 1. The Kier molecular flexibility index (Phi) is 5.18. The Hall–Kier alpha value is -1.35. The van der Waals surface area contributed by atoms with E-state index >= 15 is 0 Å². The van der Waals surface area contributed by atoms with E-state index in [0.717, 1.165) is 30.3 Å². The second-order valence-electron chi connectivity index (χ2n) is 6.07. The molecule has 1 aromatic carbocycles. The first-order valence-corrected chi connectivity index (χ1v) is 7.57. The smallest absolute Gasteiger partial charge is 0.176 e. The Morgan fingerprint density at radius 3 is 2.40 bits per heavy atom. The Labute approximate surface area is 121 Å². The lowest BCUT2D eigenvalue weighted by Crippen LogP contribution is -2.36. The fraction of sp³-hybridized carbons (Fsp3) is 0.588. The van der Waals surface area contributed by atoms with Crippen molar-refractivity contribution in [1.82, 2.24) is 4.90 Å². The highest BCUT2D eigenvalue weighted by molar-refractivity contribution is 5.97. The molecule has 3 heteroatoms. The lowest BCUT2D eigenvalue weighted by Gasteiger charge is -2.29. The number of piperidine rings is 1. The third kappa shape index (κ3) is 4.34. The quantitative estimate of drug-likeness (QED) is 0.771. The summed E-state index contributed by atoms with van der Waals surface area (Å²) in [5, 5.41) is 0. The zero-order valence-electron chi connectivity index (χ0n) is 12.8. The topological polar surface area (TPSA) is 29.5 Å². The summed E-state index contributed by atoms with van der Waals surface area (Å²) in [6.07, 6.45) is 2.56. The first-order chi connectivity index (χ1) is 9.54. The first-order valence-electron chi connectivity index (χ1n) is 7.57. The van der Waals surface area contributed by atoms with Crippen LogP contribution in [0.1, 0.15) is 44.0 Å². The van der Waals surface area contributed by atoms with Crippen LogP contribution in [-0.4, -0.2) is 36.4 Å². The fourth-order valence-electron chi connectivity index (χ4n) is 2.51. The average Bonchev–Trinajstić information content (AvgIpc) is 2.41. The second kappa shape index (κ2) is 6.89. The number of ether oxygens (including phenoxy) is 1. The predicted molar refractivity (Wildman–Crippen MR) is 81.4 cm³/mol. The van der Waals surface area contributed by atoms with Crippen LogP contribution in [0.25, 0.3) is 0 Å². The monoisotopic (exact) mass is 275 g/mol. The molecule has 0 bridgehead atoms. The molecule has 0 unspecified atom stereocenters. The van der Waals surface area contributed by atoms with Gasteiger partial charge in [0.05, 0.1) is 12.6 Å². The third-order valence-electron chi connectivity index (χ3n) is 3.79. The summed E-state index contributed by atoms with van der Waals surface area (Å²) in [5.41, 5.74) is 0.778. The molecule has 1 fully saturated rings. The maximum absolute atomic E-state index is 12.2. The number of benzene rings is 1. The van der Waals surface area contributed by atoms with Gasteiger partial charge in [-0.15, -0.1) is 0 Å². The zero-order valence-corrected chi connectivity index (χ0v) is 12.8. The van der Waals surface area contributed by atoms with Crippen LogP contribution in [0.3, 0.4) is 0 Å². The van der Waals surface area contributed by atoms with Gasteiger partial charge in [-0.25, -0.2) is 0 Å². The molecular formula is C17H25NO2. The molecular weight excluding hydrogens is 250 g/mol. The Morgan fingerprint density at radius 1 is 1.25 bits per heavy atom. The van der Waals surface area contributed by atoms with E-state index in [1.165, 1.54) is 12.8 Å². The van der Waals surface area contributed by atoms with Gasteiger partial charge in [-0.3, -0.25) is 9.69 Å². The van der Waals surface area contributed by atoms with Crippen LogP contribution >= 0.6 is 0 Å². The van der Waals surface area contributed by atoms with Gasteiger partial charge in [0.25, 0.3) is 0 Å². The normalized spacial score (nSPS) is 17.4. The molecule has 3 nitrogen and oxygen atoms in total. The number of rotatable bonds is 5. The summed E-state index contributed by atoms with van der Waals surface area (Å²) in [5.74, 6) is 1.83. The van der Waals surface area contributed by atoms with Crippen molar-refractivity contribution in [2.24, 2.45) is 5.92 Å². The Bertz CT molecular complexity index is 431. The molecule has 20 heavy (non-hydrogen) atoms. The largest absolute Gasteiger partial charge is 0.491 e. The summed E-state index contributed by atoms with van der Waals surface area (Å²) in [6, 6.07) is 7.50. The average molecular weight is 275 g/mol. The first kappa shape index (κ1) is 15.0. The second-order valence-corrected chi connectivity index (χ2v) is 6.07. The standard InChI is InChI=1S/C17H25NO2/c1-13(2)20-16-6-4-15(5-7-16)17(19)12-18-10-8-14(3)9-11-18/h4-7,13-14H,8-12H2,1-3H3. The van der Waals surface area contributed by atoms with Gasteiger partial charge in [0, 0.05) is 5.56 Å². The molecule has 0 aromatic heterocycles. The summed E-state index contributed by atoms with van der Waals surface area (Å²) in [6.45, 7) is 8.90. The molecule has 0 atom stereocenters. The highest BCUT2D eigenvalue weighted by Gasteiger charge is 2.18. The van der Waals surface area contributed by atoms with E-state index in [-0.39, 0.29) is 11.9 Å². The van der Waals surface area contributed by atoms with E-state index in [4.69, 9.17) is 4.74 Å². The highest BCUT2D eigenvalue weighted by Crippen LogP contribution is 2.18. The fourth-order valence-corrected chi connectivity index (χ4v) is 2.51. The molecule has 1 heterocycles. The minimum atomic E-state index is 0.159. The van der Waals surface area contributed by atoms with Crippen molar-refractivity contribution in [3.8, 4) is 5.75 Å². The van der Waals surface area contributed by atoms with Gasteiger partial charge in [-0.2, -0.15) is 0 Å². The molecule has 110 valence electrons. The maximum Gasteiger partial charge on any atom is 0.176 e. The van der Waals surface area contributed by atoms with Crippen LogP contribution in [0.2, 0.25) is 0 Å². The summed E-state index contributed by atoms with van der Waals surface area (Å²) < 4.78 is 5.59. The van der Waals surface area contributed by atoms with E-state index in [0.29, 0.717) is 6.54 Å². The molecule has 0 N–H and O–H groups in total. The minimum absolute atomic E-state index is 0.159. The molecule has 0 radical (unpaired) electrons. The van der Waals surface area contributed by atoms with E-state index < -0.39 is 0 Å². The molecule has 0 spiro atoms. The predicted octanol–water partition coefficient (Wildman–Crippen LogP) is 3.39. The molecule has 0 amide bonds. The van der Waals surface area contributed by atoms with E-state index in [9.17, 15) is 4.79 Å². The van der Waals surface area contributed by atoms with E-state index in [1.54, 1.807) is 0 Å². The molecule has 0 aliphatic carbocycles. The summed E-state index contributed by atoms with van der Waals surface area (Å²) in [4.78, 5) is 14.5. The number of hydrogen-bond donors (Lipinski definition) is 0. The van der Waals surface area contributed by atoms with Crippen molar-refractivity contribution in [3.63, 3.8) is 0 Å². The Balaban J connectivity index is 1.89. The van der Waals surface area contributed by atoms with Crippen molar-refractivity contribution < 1.29 is 9.53 Å². The molecule has 1 aliphatic rings. The molecule has 1 saturated heterocycles. The van der Waals surface area contributed by atoms with Crippen molar-refractivity contribution in [2.45, 2.75) is 39.7 Å². The van der Waals surface area contributed by atoms with Crippen molar-refractivity contribution in [2.75, 3.05) is 19.6 Å². The van der Waals surface area contributed by atoms with Gasteiger partial charge in [0.2, 0.25) is 0 Å². The zero-order chi connectivity index (χ0) is 14.5. The SMILES string of the molecule is CC1CCN(CC(=O)c2ccc(OC(C)C)cc2)CC1. The summed E-state index contributed by atoms with van der Waals surface area (Å²) >= 11 is 0.